The molecule has 1 N–H and O–H groups in total. The number of likely N-dealkylation sites (tertiary alicyclic amines) is 1. The maximum absolute atomic E-state index is 13.6. The van der Waals surface area contributed by atoms with Crippen LogP contribution < -0.4 is 5.32 Å². The van der Waals surface area contributed by atoms with E-state index in [-0.39, 0.29) is 41.8 Å². The molecule has 0 spiro atoms. The van der Waals surface area contributed by atoms with Crippen LogP contribution >= 0.6 is 0 Å². The molecule has 0 bridgehead atoms. The van der Waals surface area contributed by atoms with Crippen molar-refractivity contribution < 1.29 is 30.4 Å². The number of halogens is 5. The highest BCUT2D eigenvalue weighted by Crippen LogP contribution is 2.34. The van der Waals surface area contributed by atoms with Gasteiger partial charge in [0.2, 0.25) is 0 Å². The molecule has 2 aliphatic rings. The largest absolute Gasteiger partial charge is 0.401 e. The van der Waals surface area contributed by atoms with Gasteiger partial charge in [-0.15, -0.1) is 0 Å². The van der Waals surface area contributed by atoms with Crippen molar-refractivity contribution >= 4 is 9.84 Å². The Bertz CT molecular complexity index is 766. The molecule has 0 unspecified atom stereocenters. The Kier molecular flexibility index (Phi) is 4.80. The van der Waals surface area contributed by atoms with Gasteiger partial charge in [-0.1, -0.05) is 0 Å². The van der Waals surface area contributed by atoms with E-state index in [1.807, 2.05) is 0 Å². The highest BCUT2D eigenvalue weighted by Gasteiger charge is 2.37. The zero-order valence-electron chi connectivity index (χ0n) is 13.1. The van der Waals surface area contributed by atoms with Crippen molar-refractivity contribution in [2.75, 3.05) is 25.4 Å². The number of rotatable bonds is 3. The van der Waals surface area contributed by atoms with Gasteiger partial charge in [-0.3, -0.25) is 4.90 Å². The Morgan fingerprint density at radius 3 is 2.52 bits per heavy atom. The normalized spacial score (nSPS) is 26.6. The first-order chi connectivity index (χ1) is 11.5. The quantitative estimate of drug-likeness (QED) is 0.642. The number of fused-ring (bicyclic) bond motifs is 1. The lowest BCUT2D eigenvalue weighted by Gasteiger charge is -2.29. The first-order valence-corrected chi connectivity index (χ1v) is 9.47. The monoisotopic (exact) mass is 384 g/mol. The van der Waals surface area contributed by atoms with Gasteiger partial charge < -0.3 is 5.32 Å². The van der Waals surface area contributed by atoms with Gasteiger partial charge >= 0.3 is 6.18 Å². The summed E-state index contributed by atoms with van der Waals surface area (Å²) in [5.74, 6) is -2.60. The molecule has 1 aromatic carbocycles. The van der Waals surface area contributed by atoms with Crippen molar-refractivity contribution in [2.24, 2.45) is 0 Å². The third kappa shape index (κ3) is 4.12. The Morgan fingerprint density at radius 2 is 1.84 bits per heavy atom. The van der Waals surface area contributed by atoms with Gasteiger partial charge in [-0.2, -0.15) is 13.2 Å². The van der Waals surface area contributed by atoms with Gasteiger partial charge in [-0.05, 0) is 30.5 Å². The van der Waals surface area contributed by atoms with Crippen molar-refractivity contribution in [1.29, 1.82) is 0 Å². The van der Waals surface area contributed by atoms with Crippen LogP contribution in [0.3, 0.4) is 0 Å². The van der Waals surface area contributed by atoms with E-state index in [0.29, 0.717) is 12.5 Å². The molecule has 10 heteroatoms. The van der Waals surface area contributed by atoms with E-state index < -0.39 is 40.2 Å². The molecule has 2 atom stereocenters. The summed E-state index contributed by atoms with van der Waals surface area (Å²) in [6.45, 7) is -0.560. The summed E-state index contributed by atoms with van der Waals surface area (Å²) in [7, 11) is -3.69. The fraction of sp³-hybridized carbons (Fsp3) is 0.600. The third-order valence-electron chi connectivity index (χ3n) is 4.55. The van der Waals surface area contributed by atoms with Gasteiger partial charge in [0.15, 0.2) is 21.5 Å². The van der Waals surface area contributed by atoms with Crippen LogP contribution in [0.5, 0.6) is 0 Å². The number of benzene rings is 1. The summed E-state index contributed by atoms with van der Waals surface area (Å²) in [6, 6.07) is 0.735. The molecule has 0 amide bonds. The van der Waals surface area contributed by atoms with Crippen molar-refractivity contribution in [3.63, 3.8) is 0 Å². The number of alkyl halides is 3. The molecule has 4 nitrogen and oxygen atoms in total. The number of hydrogen-bond donors (Lipinski definition) is 1. The minimum atomic E-state index is -4.28. The van der Waals surface area contributed by atoms with Crippen LogP contribution in [0.2, 0.25) is 0 Å². The Balaban J connectivity index is 1.76. The third-order valence-corrected chi connectivity index (χ3v) is 6.35. The summed E-state index contributed by atoms with van der Waals surface area (Å²) in [5, 5.41) is 3.11. The number of hydrogen-bond acceptors (Lipinski definition) is 4. The van der Waals surface area contributed by atoms with Crippen LogP contribution in [0.15, 0.2) is 17.0 Å². The molecule has 140 valence electrons. The van der Waals surface area contributed by atoms with Crippen molar-refractivity contribution in [3.8, 4) is 0 Å². The van der Waals surface area contributed by atoms with E-state index in [4.69, 9.17) is 0 Å². The van der Waals surface area contributed by atoms with Crippen molar-refractivity contribution in [2.45, 2.75) is 36.0 Å². The van der Waals surface area contributed by atoms with Crippen LogP contribution in [0.25, 0.3) is 0 Å². The summed E-state index contributed by atoms with van der Waals surface area (Å²) in [5.41, 5.74) is 0.138. The highest BCUT2D eigenvalue weighted by atomic mass is 32.2. The standard InChI is InChI=1S/C15H17F5N2O2S/c16-11-5-10-13(2-4-25(23,24)14(10)6-12(11)17)21-9-1-3-22(7-9)8-15(18,19)20/h5-6,9,13,21H,1-4,7-8H2/t9-,13-/m1/s1. The molecule has 25 heavy (non-hydrogen) atoms. The minimum Gasteiger partial charge on any atom is -0.306 e. The molecule has 0 saturated carbocycles. The van der Waals surface area contributed by atoms with Gasteiger partial charge in [0.05, 0.1) is 17.2 Å². The van der Waals surface area contributed by atoms with Gasteiger partial charge in [0, 0.05) is 25.2 Å². The van der Waals surface area contributed by atoms with Crippen molar-refractivity contribution in [3.05, 3.63) is 29.3 Å². The molecule has 0 aliphatic carbocycles. The highest BCUT2D eigenvalue weighted by molar-refractivity contribution is 7.91. The van der Waals surface area contributed by atoms with Crippen LogP contribution in [0.1, 0.15) is 24.4 Å². The topological polar surface area (TPSA) is 49.4 Å². The lowest BCUT2D eigenvalue weighted by Crippen LogP contribution is -2.40. The van der Waals surface area contributed by atoms with Crippen LogP contribution in [-0.4, -0.2) is 50.9 Å². The van der Waals surface area contributed by atoms with Gasteiger partial charge in [-0.25, -0.2) is 17.2 Å². The molecule has 3 rings (SSSR count). The first-order valence-electron chi connectivity index (χ1n) is 7.82. The van der Waals surface area contributed by atoms with Crippen molar-refractivity contribution in [1.82, 2.24) is 10.2 Å². The lowest BCUT2D eigenvalue weighted by atomic mass is 10.0. The summed E-state index contributed by atoms with van der Waals surface area (Å²) < 4.78 is 88.5. The SMILES string of the molecule is O=S1(=O)CC[C@@H](N[C@@H]2CCN(CC(F)(F)F)C2)c2cc(F)c(F)cc21. The Labute approximate surface area is 141 Å². The maximum atomic E-state index is 13.6. The summed E-state index contributed by atoms with van der Waals surface area (Å²) in [4.78, 5) is 1.02. The lowest BCUT2D eigenvalue weighted by molar-refractivity contribution is -0.143. The zero-order valence-corrected chi connectivity index (χ0v) is 13.9. The smallest absolute Gasteiger partial charge is 0.306 e. The van der Waals surface area contributed by atoms with Gasteiger partial charge in [0.25, 0.3) is 0 Å². The molecule has 2 heterocycles. The van der Waals surface area contributed by atoms with Gasteiger partial charge in [0.1, 0.15) is 0 Å². The number of nitrogens with zero attached hydrogens (tertiary/aromatic N) is 1. The predicted octanol–water partition coefficient (Wildman–Crippen LogP) is 2.41. The Morgan fingerprint density at radius 1 is 1.16 bits per heavy atom. The fourth-order valence-corrected chi connectivity index (χ4v) is 5.06. The average Bonchev–Trinajstić information content (AvgIpc) is 2.89. The molecule has 0 radical (unpaired) electrons. The number of sulfone groups is 1. The molecule has 0 aromatic heterocycles. The van der Waals surface area contributed by atoms with Crippen LogP contribution in [0, 0.1) is 11.6 Å². The van der Waals surface area contributed by atoms with Crippen LogP contribution in [0.4, 0.5) is 22.0 Å². The second-order valence-electron chi connectivity index (χ2n) is 6.47. The molecule has 1 fully saturated rings. The van der Waals surface area contributed by atoms with E-state index in [0.717, 1.165) is 6.07 Å². The summed E-state index contributed by atoms with van der Waals surface area (Å²) >= 11 is 0. The van der Waals surface area contributed by atoms with E-state index in [1.54, 1.807) is 0 Å². The predicted molar refractivity (Wildman–Crippen MR) is 79.8 cm³/mol. The second-order valence-corrected chi connectivity index (χ2v) is 8.54. The molecule has 1 saturated heterocycles. The van der Waals surface area contributed by atoms with E-state index in [2.05, 4.69) is 5.32 Å². The molecular formula is C15H17F5N2O2S. The number of nitrogens with one attached hydrogen (secondary N) is 1. The first kappa shape index (κ1) is 18.5. The zero-order chi connectivity index (χ0) is 18.4. The summed E-state index contributed by atoms with van der Waals surface area (Å²) in [6.07, 6.45) is -3.64. The van der Waals surface area contributed by atoms with Crippen LogP contribution in [-0.2, 0) is 9.84 Å². The fourth-order valence-electron chi connectivity index (χ4n) is 3.45. The van der Waals surface area contributed by atoms with E-state index in [9.17, 15) is 30.4 Å². The minimum absolute atomic E-state index is 0.138. The Hall–Kier alpha value is -1.26. The molecule has 2 aliphatic heterocycles. The maximum Gasteiger partial charge on any atom is 0.401 e. The van der Waals surface area contributed by atoms with E-state index >= 15 is 0 Å². The molecule has 1 aromatic rings. The average molecular weight is 384 g/mol. The molecular weight excluding hydrogens is 367 g/mol. The second kappa shape index (κ2) is 6.48. The van der Waals surface area contributed by atoms with E-state index in [1.165, 1.54) is 4.90 Å².